The van der Waals surface area contributed by atoms with Gasteiger partial charge in [-0.1, -0.05) is 0 Å². The molecule has 0 radical (unpaired) electrons. The summed E-state index contributed by atoms with van der Waals surface area (Å²) >= 11 is 5.21. The van der Waals surface area contributed by atoms with E-state index in [1.165, 1.54) is 26.1 Å². The molecule has 24 heavy (non-hydrogen) atoms. The fourth-order valence-electron chi connectivity index (χ4n) is 1.92. The van der Waals surface area contributed by atoms with Crippen molar-refractivity contribution in [1.29, 1.82) is 0 Å². The first kappa shape index (κ1) is 18.1. The van der Waals surface area contributed by atoms with Gasteiger partial charge in [-0.15, -0.1) is 0 Å². The van der Waals surface area contributed by atoms with Gasteiger partial charge in [-0.25, -0.2) is 13.1 Å². The Balaban J connectivity index is 2.00. The summed E-state index contributed by atoms with van der Waals surface area (Å²) in [6.07, 6.45) is 0. The predicted molar refractivity (Wildman–Crippen MR) is 99.0 cm³/mol. The van der Waals surface area contributed by atoms with Gasteiger partial charge in [0.15, 0.2) is 10.9 Å². The highest BCUT2D eigenvalue weighted by molar-refractivity contribution is 7.89. The highest BCUT2D eigenvalue weighted by atomic mass is 32.2. The second-order valence-electron chi connectivity index (χ2n) is 4.94. The van der Waals surface area contributed by atoms with E-state index in [9.17, 15) is 13.2 Å². The molecule has 0 fully saturated rings. The van der Waals surface area contributed by atoms with Crippen molar-refractivity contribution in [3.8, 4) is 0 Å². The van der Waals surface area contributed by atoms with Gasteiger partial charge in [0.1, 0.15) is 0 Å². The molecule has 0 amide bonds. The number of benzene rings is 2. The van der Waals surface area contributed by atoms with E-state index < -0.39 is 10.0 Å². The molecule has 2 aromatic rings. The number of thiocarbonyl (C=S) groups is 1. The van der Waals surface area contributed by atoms with Gasteiger partial charge >= 0.3 is 0 Å². The molecular formula is C16H17N3O3S2. The van der Waals surface area contributed by atoms with Crippen LogP contribution in [-0.4, -0.2) is 26.4 Å². The monoisotopic (exact) mass is 363 g/mol. The van der Waals surface area contributed by atoms with E-state index in [2.05, 4.69) is 15.4 Å². The molecule has 0 atom stereocenters. The molecule has 0 heterocycles. The lowest BCUT2D eigenvalue weighted by Crippen LogP contribution is -2.20. The Hall–Kier alpha value is -2.29. The van der Waals surface area contributed by atoms with E-state index in [1.54, 1.807) is 36.4 Å². The van der Waals surface area contributed by atoms with Crippen LogP contribution in [-0.2, 0) is 10.0 Å². The average molecular weight is 363 g/mol. The number of anilines is 2. The maximum absolute atomic E-state index is 11.7. The van der Waals surface area contributed by atoms with Crippen molar-refractivity contribution < 1.29 is 13.2 Å². The van der Waals surface area contributed by atoms with E-state index in [0.717, 1.165) is 5.69 Å². The van der Waals surface area contributed by atoms with Crippen LogP contribution >= 0.6 is 12.2 Å². The number of hydrogen-bond acceptors (Lipinski definition) is 4. The van der Waals surface area contributed by atoms with Crippen molar-refractivity contribution in [3.63, 3.8) is 0 Å². The number of Topliss-reactive ketones (excluding diaryl/α,β-unsaturated/α-hetero) is 1. The average Bonchev–Trinajstić information content (AvgIpc) is 2.55. The quantitative estimate of drug-likeness (QED) is 0.559. The van der Waals surface area contributed by atoms with Crippen molar-refractivity contribution in [2.24, 2.45) is 0 Å². The minimum absolute atomic E-state index is 0.00105. The molecule has 0 unspecified atom stereocenters. The summed E-state index contributed by atoms with van der Waals surface area (Å²) in [7, 11) is -2.10. The van der Waals surface area contributed by atoms with Crippen LogP contribution in [0.25, 0.3) is 0 Å². The Labute approximate surface area is 146 Å². The van der Waals surface area contributed by atoms with Gasteiger partial charge in [-0.3, -0.25) is 4.79 Å². The second kappa shape index (κ2) is 7.52. The van der Waals surface area contributed by atoms with E-state index in [1.807, 2.05) is 0 Å². The number of rotatable bonds is 5. The largest absolute Gasteiger partial charge is 0.332 e. The molecule has 0 aromatic heterocycles. The third-order valence-electron chi connectivity index (χ3n) is 3.24. The third kappa shape index (κ3) is 4.60. The first-order valence-electron chi connectivity index (χ1n) is 7.04. The van der Waals surface area contributed by atoms with E-state index in [-0.39, 0.29) is 10.7 Å². The SMILES string of the molecule is CNS(=O)(=O)c1ccc(NC(=S)Nc2ccc(C(C)=O)cc2)cc1. The Kier molecular flexibility index (Phi) is 5.66. The van der Waals surface area contributed by atoms with Crippen molar-refractivity contribution in [2.75, 3.05) is 17.7 Å². The van der Waals surface area contributed by atoms with Crippen molar-refractivity contribution in [1.82, 2.24) is 4.72 Å². The molecule has 0 aliphatic heterocycles. The summed E-state index contributed by atoms with van der Waals surface area (Å²) in [4.78, 5) is 11.4. The van der Waals surface area contributed by atoms with Gasteiger partial charge in [-0.05, 0) is 74.7 Å². The summed E-state index contributed by atoms with van der Waals surface area (Å²) < 4.78 is 25.6. The Morgan fingerprint density at radius 1 is 0.917 bits per heavy atom. The molecule has 126 valence electrons. The smallest absolute Gasteiger partial charge is 0.240 e. The topological polar surface area (TPSA) is 87.3 Å². The van der Waals surface area contributed by atoms with Gasteiger partial charge in [-0.2, -0.15) is 0 Å². The molecule has 6 nitrogen and oxygen atoms in total. The van der Waals surface area contributed by atoms with Crippen LogP contribution < -0.4 is 15.4 Å². The molecular weight excluding hydrogens is 346 g/mol. The van der Waals surface area contributed by atoms with Gasteiger partial charge in [0, 0.05) is 16.9 Å². The maximum atomic E-state index is 11.7. The number of ketones is 1. The van der Waals surface area contributed by atoms with Crippen LogP contribution in [0.5, 0.6) is 0 Å². The molecule has 2 rings (SSSR count). The highest BCUT2D eigenvalue weighted by Crippen LogP contribution is 2.15. The molecule has 0 aliphatic rings. The summed E-state index contributed by atoms with van der Waals surface area (Å²) in [5, 5.41) is 6.31. The zero-order valence-electron chi connectivity index (χ0n) is 13.2. The number of carbonyl (C=O) groups excluding carboxylic acids is 1. The molecule has 8 heteroatoms. The number of nitrogens with one attached hydrogen (secondary N) is 3. The number of sulfonamides is 1. The predicted octanol–water partition coefficient (Wildman–Crippen LogP) is 2.61. The van der Waals surface area contributed by atoms with Crippen LogP contribution in [0, 0.1) is 0 Å². The Morgan fingerprint density at radius 2 is 1.38 bits per heavy atom. The van der Waals surface area contributed by atoms with E-state index in [0.29, 0.717) is 16.4 Å². The van der Waals surface area contributed by atoms with Gasteiger partial charge in [0.2, 0.25) is 10.0 Å². The lowest BCUT2D eigenvalue weighted by molar-refractivity contribution is 0.101. The van der Waals surface area contributed by atoms with Crippen LogP contribution in [0.3, 0.4) is 0 Å². The summed E-state index contributed by atoms with van der Waals surface area (Å²) in [6.45, 7) is 1.51. The molecule has 0 aliphatic carbocycles. The van der Waals surface area contributed by atoms with Gasteiger partial charge in [0.25, 0.3) is 0 Å². The van der Waals surface area contributed by atoms with Crippen molar-refractivity contribution in [2.45, 2.75) is 11.8 Å². The van der Waals surface area contributed by atoms with Crippen LogP contribution in [0.4, 0.5) is 11.4 Å². The van der Waals surface area contributed by atoms with Gasteiger partial charge < -0.3 is 10.6 Å². The number of carbonyl (C=O) groups is 1. The normalized spacial score (nSPS) is 10.9. The maximum Gasteiger partial charge on any atom is 0.240 e. The van der Waals surface area contributed by atoms with Gasteiger partial charge in [0.05, 0.1) is 4.90 Å². The minimum Gasteiger partial charge on any atom is -0.332 e. The fourth-order valence-corrected chi connectivity index (χ4v) is 2.88. The Morgan fingerprint density at radius 3 is 1.79 bits per heavy atom. The molecule has 3 N–H and O–H groups in total. The second-order valence-corrected chi connectivity index (χ2v) is 7.24. The summed E-state index contributed by atoms with van der Waals surface area (Å²) in [6, 6.07) is 13.2. The number of hydrogen-bond donors (Lipinski definition) is 3. The van der Waals surface area contributed by atoms with Crippen LogP contribution in [0.15, 0.2) is 53.4 Å². The first-order valence-corrected chi connectivity index (χ1v) is 8.93. The van der Waals surface area contributed by atoms with Crippen LogP contribution in [0.1, 0.15) is 17.3 Å². The highest BCUT2D eigenvalue weighted by Gasteiger charge is 2.10. The Bertz CT molecular complexity index is 845. The van der Waals surface area contributed by atoms with E-state index >= 15 is 0 Å². The summed E-state index contributed by atoms with van der Waals surface area (Å²) in [5.41, 5.74) is 2.02. The molecule has 0 saturated carbocycles. The zero-order valence-corrected chi connectivity index (χ0v) is 14.8. The molecule has 2 aromatic carbocycles. The zero-order chi connectivity index (χ0) is 17.7. The molecule has 0 bridgehead atoms. The third-order valence-corrected chi connectivity index (χ3v) is 4.87. The molecule has 0 spiro atoms. The summed E-state index contributed by atoms with van der Waals surface area (Å²) in [5.74, 6) is -0.00105. The molecule has 0 saturated heterocycles. The fraction of sp³-hybridized carbons (Fsp3) is 0.125. The minimum atomic E-state index is -3.46. The van der Waals surface area contributed by atoms with Crippen molar-refractivity contribution >= 4 is 44.5 Å². The van der Waals surface area contributed by atoms with E-state index in [4.69, 9.17) is 12.2 Å². The lowest BCUT2D eigenvalue weighted by atomic mass is 10.1. The van der Waals surface area contributed by atoms with Crippen LogP contribution in [0.2, 0.25) is 0 Å². The lowest BCUT2D eigenvalue weighted by Gasteiger charge is -2.11. The first-order chi connectivity index (χ1) is 11.3. The standard InChI is InChI=1S/C16H17N3O3S2/c1-11(20)12-3-5-13(6-4-12)18-16(23)19-14-7-9-15(10-8-14)24(21,22)17-2/h3-10,17H,1-2H3,(H2,18,19,23). The van der Waals surface area contributed by atoms with Crippen molar-refractivity contribution in [3.05, 3.63) is 54.1 Å².